The van der Waals surface area contributed by atoms with E-state index in [1.165, 1.54) is 18.6 Å². The molecular weight excluding hydrogens is 283 g/mol. The van der Waals surface area contributed by atoms with Crippen molar-refractivity contribution in [3.8, 4) is 5.82 Å². The lowest BCUT2D eigenvalue weighted by Crippen LogP contribution is -2.35. The molecule has 8 heteroatoms. The maximum atomic E-state index is 12.5. The van der Waals surface area contributed by atoms with Gasteiger partial charge in [-0.25, -0.2) is 9.67 Å². The van der Waals surface area contributed by atoms with Gasteiger partial charge in [0.05, 0.1) is 18.1 Å². The Balaban J connectivity index is 2.10. The third-order valence-electron chi connectivity index (χ3n) is 2.61. The molecule has 2 heterocycles. The van der Waals surface area contributed by atoms with Gasteiger partial charge >= 0.3 is 6.18 Å². The van der Waals surface area contributed by atoms with E-state index in [1.807, 2.05) is 20.8 Å². The summed E-state index contributed by atoms with van der Waals surface area (Å²) in [5, 5.41) is 6.69. The van der Waals surface area contributed by atoms with Crippen LogP contribution in [0, 0.1) is 0 Å². The zero-order chi connectivity index (χ0) is 15.7. The van der Waals surface area contributed by atoms with Crippen molar-refractivity contribution in [3.05, 3.63) is 36.0 Å². The van der Waals surface area contributed by atoms with Gasteiger partial charge in [0.25, 0.3) is 0 Å². The van der Waals surface area contributed by atoms with Crippen LogP contribution in [0.4, 0.5) is 13.2 Å². The Bertz CT molecular complexity index is 596. The SMILES string of the molecule is CC(C)(C)NCc1cnc(-n2ccc(C(F)(F)F)n2)cn1. The number of alkyl halides is 3. The van der Waals surface area contributed by atoms with Crippen molar-refractivity contribution >= 4 is 0 Å². The number of nitrogens with one attached hydrogen (secondary N) is 1. The molecule has 0 amide bonds. The molecule has 2 aromatic rings. The molecule has 2 aromatic heterocycles. The molecule has 0 aliphatic carbocycles. The van der Waals surface area contributed by atoms with Crippen molar-refractivity contribution in [1.82, 2.24) is 25.1 Å². The summed E-state index contributed by atoms with van der Waals surface area (Å²) >= 11 is 0. The third kappa shape index (κ3) is 4.25. The Kier molecular flexibility index (Phi) is 3.99. The van der Waals surface area contributed by atoms with Gasteiger partial charge in [0.2, 0.25) is 0 Å². The molecule has 0 aromatic carbocycles. The molecule has 0 saturated heterocycles. The van der Waals surface area contributed by atoms with Crippen LogP contribution >= 0.6 is 0 Å². The van der Waals surface area contributed by atoms with Crippen molar-refractivity contribution in [1.29, 1.82) is 0 Å². The number of aromatic nitrogens is 4. The van der Waals surface area contributed by atoms with Crippen molar-refractivity contribution in [2.24, 2.45) is 0 Å². The first-order valence-electron chi connectivity index (χ1n) is 6.34. The minimum Gasteiger partial charge on any atom is -0.306 e. The molecule has 5 nitrogen and oxygen atoms in total. The quantitative estimate of drug-likeness (QED) is 0.946. The molecule has 0 aliphatic heterocycles. The molecule has 21 heavy (non-hydrogen) atoms. The smallest absolute Gasteiger partial charge is 0.306 e. The molecule has 0 fully saturated rings. The second-order valence-electron chi connectivity index (χ2n) is 5.61. The van der Waals surface area contributed by atoms with E-state index >= 15 is 0 Å². The Labute approximate surface area is 120 Å². The van der Waals surface area contributed by atoms with E-state index in [2.05, 4.69) is 20.4 Å². The summed E-state index contributed by atoms with van der Waals surface area (Å²) in [5.74, 6) is 0.241. The summed E-state index contributed by atoms with van der Waals surface area (Å²) in [5.41, 5.74) is -0.302. The van der Waals surface area contributed by atoms with Crippen LogP contribution < -0.4 is 5.32 Å². The minimum absolute atomic E-state index is 0.0516. The summed E-state index contributed by atoms with van der Waals surface area (Å²) in [6, 6.07) is 0.900. The van der Waals surface area contributed by atoms with E-state index in [9.17, 15) is 13.2 Å². The first kappa shape index (κ1) is 15.4. The lowest BCUT2D eigenvalue weighted by Gasteiger charge is -2.19. The maximum absolute atomic E-state index is 12.5. The van der Waals surface area contributed by atoms with E-state index in [1.54, 1.807) is 0 Å². The predicted octanol–water partition coefficient (Wildman–Crippen LogP) is 2.57. The lowest BCUT2D eigenvalue weighted by atomic mass is 10.1. The molecule has 0 unspecified atom stereocenters. The number of halogens is 3. The van der Waals surface area contributed by atoms with Crippen LogP contribution in [-0.2, 0) is 12.7 Å². The van der Waals surface area contributed by atoms with Crippen LogP contribution in [-0.4, -0.2) is 25.3 Å². The molecular formula is C13H16F3N5. The topological polar surface area (TPSA) is 55.6 Å². The van der Waals surface area contributed by atoms with Crippen LogP contribution in [0.15, 0.2) is 24.7 Å². The van der Waals surface area contributed by atoms with Crippen LogP contribution in [0.3, 0.4) is 0 Å². The molecule has 0 saturated carbocycles. The fraction of sp³-hybridized carbons (Fsp3) is 0.462. The summed E-state index contributed by atoms with van der Waals surface area (Å²) in [4.78, 5) is 8.24. The lowest BCUT2D eigenvalue weighted by molar-refractivity contribution is -0.141. The molecule has 2 rings (SSSR count). The highest BCUT2D eigenvalue weighted by atomic mass is 19.4. The number of nitrogens with zero attached hydrogens (tertiary/aromatic N) is 4. The van der Waals surface area contributed by atoms with Crippen molar-refractivity contribution in [2.75, 3.05) is 0 Å². The Morgan fingerprint density at radius 3 is 2.33 bits per heavy atom. The summed E-state index contributed by atoms with van der Waals surface area (Å²) in [6.45, 7) is 6.61. The van der Waals surface area contributed by atoms with Gasteiger partial charge in [0.1, 0.15) is 0 Å². The second kappa shape index (κ2) is 5.44. The van der Waals surface area contributed by atoms with Crippen LogP contribution in [0.5, 0.6) is 0 Å². The zero-order valence-electron chi connectivity index (χ0n) is 11.9. The van der Waals surface area contributed by atoms with Crippen molar-refractivity contribution < 1.29 is 13.2 Å². The number of hydrogen-bond donors (Lipinski definition) is 1. The van der Waals surface area contributed by atoms with Crippen LogP contribution in [0.1, 0.15) is 32.2 Å². The van der Waals surface area contributed by atoms with E-state index in [0.29, 0.717) is 12.2 Å². The minimum atomic E-state index is -4.46. The Morgan fingerprint density at radius 2 is 1.86 bits per heavy atom. The molecule has 1 N–H and O–H groups in total. The van der Waals surface area contributed by atoms with Gasteiger partial charge in [-0.3, -0.25) is 4.98 Å². The largest absolute Gasteiger partial charge is 0.435 e. The van der Waals surface area contributed by atoms with Crippen LogP contribution in [0.25, 0.3) is 5.82 Å². The fourth-order valence-corrected chi connectivity index (χ4v) is 1.52. The van der Waals surface area contributed by atoms with E-state index in [4.69, 9.17) is 0 Å². The van der Waals surface area contributed by atoms with Gasteiger partial charge in [-0.1, -0.05) is 0 Å². The van der Waals surface area contributed by atoms with Gasteiger partial charge in [0.15, 0.2) is 11.5 Å². The highest BCUT2D eigenvalue weighted by Gasteiger charge is 2.33. The zero-order valence-corrected chi connectivity index (χ0v) is 11.9. The van der Waals surface area contributed by atoms with Crippen LogP contribution in [0.2, 0.25) is 0 Å². The van der Waals surface area contributed by atoms with Gasteiger partial charge in [-0.15, -0.1) is 0 Å². The predicted molar refractivity (Wildman–Crippen MR) is 70.7 cm³/mol. The Hall–Kier alpha value is -1.96. The second-order valence-corrected chi connectivity index (χ2v) is 5.61. The molecule has 0 spiro atoms. The monoisotopic (exact) mass is 299 g/mol. The van der Waals surface area contributed by atoms with Gasteiger partial charge in [0, 0.05) is 18.3 Å². The molecule has 0 atom stereocenters. The van der Waals surface area contributed by atoms with Gasteiger partial charge < -0.3 is 5.32 Å². The molecule has 0 bridgehead atoms. The van der Waals surface area contributed by atoms with Gasteiger partial charge in [-0.2, -0.15) is 18.3 Å². The molecule has 0 aliphatic rings. The standard InChI is InChI=1S/C13H16F3N5/c1-12(2,3)19-7-9-6-18-11(8-17-9)21-5-4-10(20-21)13(14,15)16/h4-6,8,19H,7H2,1-3H3. The molecule has 0 radical (unpaired) electrons. The molecule has 114 valence electrons. The van der Waals surface area contributed by atoms with Crippen molar-refractivity contribution in [3.63, 3.8) is 0 Å². The maximum Gasteiger partial charge on any atom is 0.435 e. The number of hydrogen-bond acceptors (Lipinski definition) is 4. The average Bonchev–Trinajstić information content (AvgIpc) is 2.85. The van der Waals surface area contributed by atoms with E-state index in [0.717, 1.165) is 10.7 Å². The average molecular weight is 299 g/mol. The normalized spacial score (nSPS) is 12.7. The fourth-order valence-electron chi connectivity index (χ4n) is 1.52. The number of rotatable bonds is 3. The first-order valence-corrected chi connectivity index (χ1v) is 6.34. The van der Waals surface area contributed by atoms with Gasteiger partial charge in [-0.05, 0) is 26.8 Å². The highest BCUT2D eigenvalue weighted by molar-refractivity contribution is 5.19. The summed E-state index contributed by atoms with van der Waals surface area (Å²) in [6.07, 6.45) is -0.342. The summed E-state index contributed by atoms with van der Waals surface area (Å²) < 4.78 is 38.5. The third-order valence-corrected chi connectivity index (χ3v) is 2.61. The first-order chi connectivity index (χ1) is 9.65. The summed E-state index contributed by atoms with van der Waals surface area (Å²) in [7, 11) is 0. The Morgan fingerprint density at radius 1 is 1.14 bits per heavy atom. The highest BCUT2D eigenvalue weighted by Crippen LogP contribution is 2.27. The van der Waals surface area contributed by atoms with E-state index in [-0.39, 0.29) is 11.4 Å². The van der Waals surface area contributed by atoms with E-state index < -0.39 is 11.9 Å². The van der Waals surface area contributed by atoms with Crippen molar-refractivity contribution in [2.45, 2.75) is 39.0 Å².